The molecule has 1 atom stereocenters. The quantitative estimate of drug-likeness (QED) is 0.922. The molecule has 0 radical (unpaired) electrons. The van der Waals surface area contributed by atoms with Crippen LogP contribution >= 0.6 is 11.6 Å². The van der Waals surface area contributed by atoms with Crippen LogP contribution in [0, 0.1) is 0 Å². The summed E-state index contributed by atoms with van der Waals surface area (Å²) in [4.78, 5) is 30.5. The third-order valence-electron chi connectivity index (χ3n) is 3.58. The maximum atomic E-state index is 12.7. The topological polar surface area (TPSA) is 62.3 Å². The molecular formula is C16H14ClN3O2. The number of nitrogens with one attached hydrogen (secondary N) is 1. The van der Waals surface area contributed by atoms with Crippen LogP contribution in [0.2, 0.25) is 5.02 Å². The van der Waals surface area contributed by atoms with E-state index in [4.69, 9.17) is 11.6 Å². The normalized spacial score (nSPS) is 18.0. The van der Waals surface area contributed by atoms with E-state index in [1.165, 1.54) is 11.1 Å². The predicted octanol–water partition coefficient (Wildman–Crippen LogP) is 2.05. The number of hydrogen-bond acceptors (Lipinski definition) is 3. The SMILES string of the molecule is O=C1NCCN(C(=O)c2cccnc2)[C@H]1c1ccccc1Cl. The van der Waals surface area contributed by atoms with Crippen molar-refractivity contribution in [3.05, 3.63) is 64.9 Å². The van der Waals surface area contributed by atoms with Crippen molar-refractivity contribution in [2.45, 2.75) is 6.04 Å². The van der Waals surface area contributed by atoms with Crippen molar-refractivity contribution < 1.29 is 9.59 Å². The minimum Gasteiger partial charge on any atom is -0.352 e. The highest BCUT2D eigenvalue weighted by atomic mass is 35.5. The van der Waals surface area contributed by atoms with E-state index >= 15 is 0 Å². The van der Waals surface area contributed by atoms with Crippen molar-refractivity contribution in [3.8, 4) is 0 Å². The van der Waals surface area contributed by atoms with Gasteiger partial charge in [0.1, 0.15) is 6.04 Å². The summed E-state index contributed by atoms with van der Waals surface area (Å²) in [5.74, 6) is -0.454. The van der Waals surface area contributed by atoms with Crippen LogP contribution in [0.1, 0.15) is 22.0 Å². The molecule has 2 heterocycles. The average Bonchev–Trinajstić information content (AvgIpc) is 2.56. The van der Waals surface area contributed by atoms with Gasteiger partial charge in [0.2, 0.25) is 5.91 Å². The van der Waals surface area contributed by atoms with E-state index in [1.54, 1.807) is 42.6 Å². The molecule has 0 unspecified atom stereocenters. The molecule has 0 aliphatic carbocycles. The number of rotatable bonds is 2. The summed E-state index contributed by atoms with van der Waals surface area (Å²) < 4.78 is 0. The second-order valence-electron chi connectivity index (χ2n) is 4.96. The van der Waals surface area contributed by atoms with Gasteiger partial charge in [-0.15, -0.1) is 0 Å². The van der Waals surface area contributed by atoms with Crippen LogP contribution in [0.3, 0.4) is 0 Å². The van der Waals surface area contributed by atoms with Gasteiger partial charge in [0.25, 0.3) is 5.91 Å². The number of benzene rings is 1. The van der Waals surface area contributed by atoms with Crippen LogP contribution in [0.5, 0.6) is 0 Å². The van der Waals surface area contributed by atoms with E-state index in [9.17, 15) is 9.59 Å². The molecule has 6 heteroatoms. The average molecular weight is 316 g/mol. The van der Waals surface area contributed by atoms with Crippen LogP contribution in [0.25, 0.3) is 0 Å². The zero-order chi connectivity index (χ0) is 15.5. The molecule has 2 aromatic rings. The number of pyridine rings is 1. The van der Waals surface area contributed by atoms with Crippen LogP contribution in [0.4, 0.5) is 0 Å². The highest BCUT2D eigenvalue weighted by Gasteiger charge is 2.35. The minimum atomic E-state index is -0.727. The first-order valence-electron chi connectivity index (χ1n) is 6.91. The number of halogens is 1. The highest BCUT2D eigenvalue weighted by Crippen LogP contribution is 2.30. The molecule has 1 aliphatic rings. The first kappa shape index (κ1) is 14.5. The molecule has 1 N–H and O–H groups in total. The molecule has 112 valence electrons. The number of amides is 2. The third-order valence-corrected chi connectivity index (χ3v) is 3.93. The lowest BCUT2D eigenvalue weighted by Gasteiger charge is -2.35. The molecule has 2 amide bonds. The van der Waals surface area contributed by atoms with Crippen molar-refractivity contribution in [3.63, 3.8) is 0 Å². The van der Waals surface area contributed by atoms with E-state index in [2.05, 4.69) is 10.3 Å². The molecular weight excluding hydrogens is 302 g/mol. The molecule has 5 nitrogen and oxygen atoms in total. The van der Waals surface area contributed by atoms with Crippen molar-refractivity contribution in [1.82, 2.24) is 15.2 Å². The van der Waals surface area contributed by atoms with Gasteiger partial charge in [-0.3, -0.25) is 14.6 Å². The van der Waals surface area contributed by atoms with Gasteiger partial charge in [-0.25, -0.2) is 0 Å². The summed E-state index contributed by atoms with van der Waals surface area (Å²) in [7, 11) is 0. The van der Waals surface area contributed by atoms with Gasteiger partial charge in [0.15, 0.2) is 0 Å². The maximum Gasteiger partial charge on any atom is 0.256 e. The summed E-state index contributed by atoms with van der Waals surface area (Å²) in [6.07, 6.45) is 3.10. The lowest BCUT2D eigenvalue weighted by atomic mass is 10.0. The Morgan fingerprint density at radius 1 is 1.27 bits per heavy atom. The first-order chi connectivity index (χ1) is 10.7. The monoisotopic (exact) mass is 315 g/mol. The second-order valence-corrected chi connectivity index (χ2v) is 5.36. The van der Waals surface area contributed by atoms with Crippen LogP contribution < -0.4 is 5.32 Å². The lowest BCUT2D eigenvalue weighted by Crippen LogP contribution is -2.52. The van der Waals surface area contributed by atoms with Gasteiger partial charge in [-0.1, -0.05) is 29.8 Å². The van der Waals surface area contributed by atoms with Gasteiger partial charge in [-0.05, 0) is 18.2 Å². The Balaban J connectivity index is 1.99. The molecule has 0 saturated carbocycles. The molecule has 1 aromatic heterocycles. The predicted molar refractivity (Wildman–Crippen MR) is 82.5 cm³/mol. The standard InChI is InChI=1S/C16H14ClN3O2/c17-13-6-2-1-5-12(13)14-15(21)19-8-9-20(14)16(22)11-4-3-7-18-10-11/h1-7,10,14H,8-9H2,(H,19,21)/t14-/m0/s1. The molecule has 1 aliphatic heterocycles. The Morgan fingerprint density at radius 2 is 2.09 bits per heavy atom. The number of nitrogens with zero attached hydrogens (tertiary/aromatic N) is 2. The van der Waals surface area contributed by atoms with E-state index < -0.39 is 6.04 Å². The van der Waals surface area contributed by atoms with Gasteiger partial charge >= 0.3 is 0 Å². The summed E-state index contributed by atoms with van der Waals surface area (Å²) in [5.41, 5.74) is 1.08. The van der Waals surface area contributed by atoms with Crippen molar-refractivity contribution in [1.29, 1.82) is 0 Å². The Hall–Kier alpha value is -2.40. The zero-order valence-corrected chi connectivity index (χ0v) is 12.5. The summed E-state index contributed by atoms with van der Waals surface area (Å²) in [5, 5.41) is 3.25. The number of aromatic nitrogens is 1. The van der Waals surface area contributed by atoms with E-state index in [0.29, 0.717) is 29.2 Å². The fraction of sp³-hybridized carbons (Fsp3) is 0.188. The maximum absolute atomic E-state index is 12.7. The third kappa shape index (κ3) is 2.67. The molecule has 3 rings (SSSR count). The number of carbonyl (C=O) groups is 2. The molecule has 22 heavy (non-hydrogen) atoms. The Morgan fingerprint density at radius 3 is 2.82 bits per heavy atom. The van der Waals surface area contributed by atoms with Crippen molar-refractivity contribution in [2.75, 3.05) is 13.1 Å². The molecule has 1 fully saturated rings. The van der Waals surface area contributed by atoms with Gasteiger partial charge in [0.05, 0.1) is 5.56 Å². The fourth-order valence-corrected chi connectivity index (χ4v) is 2.79. The van der Waals surface area contributed by atoms with Gasteiger partial charge in [0, 0.05) is 36.1 Å². The zero-order valence-electron chi connectivity index (χ0n) is 11.7. The van der Waals surface area contributed by atoms with Crippen LogP contribution in [-0.2, 0) is 4.79 Å². The van der Waals surface area contributed by atoms with E-state index in [-0.39, 0.29) is 11.8 Å². The second kappa shape index (κ2) is 6.15. The molecule has 0 spiro atoms. The molecule has 0 bridgehead atoms. The van der Waals surface area contributed by atoms with E-state index in [1.807, 2.05) is 0 Å². The lowest BCUT2D eigenvalue weighted by molar-refractivity contribution is -0.128. The largest absolute Gasteiger partial charge is 0.352 e. The first-order valence-corrected chi connectivity index (χ1v) is 7.29. The van der Waals surface area contributed by atoms with Crippen molar-refractivity contribution in [2.24, 2.45) is 0 Å². The Kier molecular flexibility index (Phi) is 4.06. The van der Waals surface area contributed by atoms with E-state index in [0.717, 1.165) is 0 Å². The minimum absolute atomic E-state index is 0.225. The van der Waals surface area contributed by atoms with Crippen LogP contribution in [-0.4, -0.2) is 34.8 Å². The van der Waals surface area contributed by atoms with Gasteiger partial charge < -0.3 is 10.2 Å². The fourth-order valence-electron chi connectivity index (χ4n) is 2.55. The number of hydrogen-bond donors (Lipinski definition) is 1. The number of piperazine rings is 1. The summed E-state index contributed by atoms with van der Waals surface area (Å²) in [6, 6.07) is 9.73. The van der Waals surface area contributed by atoms with Gasteiger partial charge in [-0.2, -0.15) is 0 Å². The Bertz CT molecular complexity index is 706. The summed E-state index contributed by atoms with van der Waals surface area (Å²) >= 11 is 6.21. The van der Waals surface area contributed by atoms with Crippen LogP contribution in [0.15, 0.2) is 48.8 Å². The summed E-state index contributed by atoms with van der Waals surface area (Å²) in [6.45, 7) is 0.848. The Labute approximate surface area is 132 Å². The molecule has 1 aromatic carbocycles. The number of carbonyl (C=O) groups excluding carboxylic acids is 2. The van der Waals surface area contributed by atoms with Crippen molar-refractivity contribution >= 4 is 23.4 Å². The molecule has 1 saturated heterocycles. The highest BCUT2D eigenvalue weighted by molar-refractivity contribution is 6.31. The smallest absolute Gasteiger partial charge is 0.256 e.